The molecule has 1 unspecified atom stereocenters. The molecule has 0 aliphatic carbocycles. The van der Waals surface area contributed by atoms with Crippen LogP contribution in [0.3, 0.4) is 0 Å². The minimum atomic E-state index is 0.138. The van der Waals surface area contributed by atoms with Crippen molar-refractivity contribution >= 4 is 22.1 Å². The molecule has 1 aliphatic rings. The van der Waals surface area contributed by atoms with Gasteiger partial charge in [-0.25, -0.2) is 0 Å². The lowest BCUT2D eigenvalue weighted by Crippen LogP contribution is -2.40. The van der Waals surface area contributed by atoms with E-state index < -0.39 is 0 Å². The third-order valence-corrected chi connectivity index (χ3v) is 3.56. The highest BCUT2D eigenvalue weighted by Gasteiger charge is 2.24. The van der Waals surface area contributed by atoms with Gasteiger partial charge < -0.3 is 10.0 Å². The summed E-state index contributed by atoms with van der Waals surface area (Å²) in [6.07, 6.45) is 3.39. The van der Waals surface area contributed by atoms with Crippen LogP contribution in [0.2, 0.25) is 0 Å². The van der Waals surface area contributed by atoms with Crippen LogP contribution in [0.1, 0.15) is 19.4 Å². The van der Waals surface area contributed by atoms with Crippen molar-refractivity contribution in [1.82, 2.24) is 4.90 Å². The number of hydrogen-bond acceptors (Lipinski definition) is 3. The van der Waals surface area contributed by atoms with Crippen LogP contribution in [0.5, 0.6) is 0 Å². The molecule has 1 N–H and O–H groups in total. The van der Waals surface area contributed by atoms with Gasteiger partial charge in [-0.3, -0.25) is 4.99 Å². The van der Waals surface area contributed by atoms with Crippen molar-refractivity contribution in [2.45, 2.75) is 26.4 Å². The first-order valence-electron chi connectivity index (χ1n) is 6.01. The zero-order valence-electron chi connectivity index (χ0n) is 10.5. The second-order valence-electron chi connectivity index (χ2n) is 4.77. The summed E-state index contributed by atoms with van der Waals surface area (Å²) < 4.78 is 1.06. The average molecular weight is 309 g/mol. The van der Waals surface area contributed by atoms with Crippen LogP contribution in [0.15, 0.2) is 45.8 Å². The maximum atomic E-state index is 9.97. The smallest absolute Gasteiger partial charge is 0.206 e. The number of benzene rings is 1. The highest BCUT2D eigenvalue weighted by molar-refractivity contribution is 9.10. The van der Waals surface area contributed by atoms with Crippen LogP contribution in [-0.2, 0) is 6.54 Å². The zero-order chi connectivity index (χ0) is 13.1. The fourth-order valence-corrected chi connectivity index (χ4v) is 2.27. The summed E-state index contributed by atoms with van der Waals surface area (Å²) in [6, 6.07) is 8.27. The maximum absolute atomic E-state index is 9.97. The lowest BCUT2D eigenvalue weighted by Gasteiger charge is -2.34. The van der Waals surface area contributed by atoms with Crippen LogP contribution in [-0.4, -0.2) is 22.3 Å². The minimum absolute atomic E-state index is 0.138. The predicted molar refractivity (Wildman–Crippen MR) is 77.5 cm³/mol. The van der Waals surface area contributed by atoms with E-state index in [4.69, 9.17) is 0 Å². The molecule has 1 aliphatic heterocycles. The van der Waals surface area contributed by atoms with Gasteiger partial charge in [-0.15, -0.1) is 0 Å². The van der Waals surface area contributed by atoms with Crippen LogP contribution >= 0.6 is 15.9 Å². The Morgan fingerprint density at radius 3 is 2.61 bits per heavy atom. The fourth-order valence-electron chi connectivity index (χ4n) is 2.01. The summed E-state index contributed by atoms with van der Waals surface area (Å²) >= 11 is 3.42. The number of nitrogens with zero attached hydrogens (tertiary/aromatic N) is 2. The van der Waals surface area contributed by atoms with Gasteiger partial charge in [0.1, 0.15) is 0 Å². The Kier molecular flexibility index (Phi) is 4.07. The quantitative estimate of drug-likeness (QED) is 0.924. The number of rotatable bonds is 3. The molecule has 1 aromatic rings. The Morgan fingerprint density at radius 2 is 2.00 bits per heavy atom. The summed E-state index contributed by atoms with van der Waals surface area (Å²) in [5.41, 5.74) is 1.17. The van der Waals surface area contributed by atoms with E-state index in [0.717, 1.165) is 4.47 Å². The summed E-state index contributed by atoms with van der Waals surface area (Å²) in [5, 5.41) is 9.97. The Morgan fingerprint density at radius 1 is 1.33 bits per heavy atom. The Hall–Kier alpha value is -1.29. The number of aliphatic hydroxyl groups excluding tert-OH is 1. The lowest BCUT2D eigenvalue weighted by molar-refractivity contribution is 0.148. The SMILES string of the molecule is CC(C)C1C=NC=C(O)N1Cc1ccc(Br)cc1. The number of halogens is 1. The van der Waals surface area contributed by atoms with Gasteiger partial charge in [0.05, 0.1) is 12.2 Å². The van der Waals surface area contributed by atoms with Crippen LogP contribution in [0.25, 0.3) is 0 Å². The monoisotopic (exact) mass is 308 g/mol. The van der Waals surface area contributed by atoms with Crippen LogP contribution < -0.4 is 0 Å². The number of hydrogen-bond donors (Lipinski definition) is 1. The van der Waals surface area contributed by atoms with E-state index in [0.29, 0.717) is 12.5 Å². The molecule has 18 heavy (non-hydrogen) atoms. The van der Waals surface area contributed by atoms with Gasteiger partial charge in [0.2, 0.25) is 5.88 Å². The van der Waals surface area contributed by atoms with Gasteiger partial charge >= 0.3 is 0 Å². The van der Waals surface area contributed by atoms with E-state index in [1.807, 2.05) is 23.2 Å². The van der Waals surface area contributed by atoms with Gasteiger partial charge in [0, 0.05) is 17.2 Å². The highest BCUT2D eigenvalue weighted by Crippen LogP contribution is 2.21. The Bertz CT molecular complexity index is 465. The maximum Gasteiger partial charge on any atom is 0.206 e. The molecule has 3 nitrogen and oxygen atoms in total. The van der Waals surface area contributed by atoms with E-state index in [9.17, 15) is 5.11 Å². The zero-order valence-corrected chi connectivity index (χ0v) is 12.1. The van der Waals surface area contributed by atoms with E-state index in [1.165, 1.54) is 11.8 Å². The van der Waals surface area contributed by atoms with Crippen LogP contribution in [0.4, 0.5) is 0 Å². The summed E-state index contributed by atoms with van der Waals surface area (Å²) in [4.78, 5) is 6.05. The average Bonchev–Trinajstić information content (AvgIpc) is 2.34. The highest BCUT2D eigenvalue weighted by atomic mass is 79.9. The molecule has 0 saturated carbocycles. The molecular weight excluding hydrogens is 292 g/mol. The minimum Gasteiger partial charge on any atom is -0.494 e. The first-order valence-corrected chi connectivity index (χ1v) is 6.80. The molecule has 1 atom stereocenters. The fraction of sp³-hybridized carbons (Fsp3) is 0.357. The summed E-state index contributed by atoms with van der Waals surface area (Å²) in [7, 11) is 0. The number of aliphatic imine (C=N–C) groups is 1. The van der Waals surface area contributed by atoms with Crippen molar-refractivity contribution < 1.29 is 5.11 Å². The number of aliphatic hydroxyl groups is 1. The first-order chi connectivity index (χ1) is 8.58. The Labute approximate surface area is 116 Å². The molecule has 2 rings (SSSR count). The third-order valence-electron chi connectivity index (χ3n) is 3.03. The predicted octanol–water partition coefficient (Wildman–Crippen LogP) is 3.72. The van der Waals surface area contributed by atoms with Gasteiger partial charge in [-0.1, -0.05) is 41.9 Å². The van der Waals surface area contributed by atoms with Crippen molar-refractivity contribution in [2.75, 3.05) is 0 Å². The van der Waals surface area contributed by atoms with E-state index >= 15 is 0 Å². The molecule has 4 heteroatoms. The van der Waals surface area contributed by atoms with E-state index in [-0.39, 0.29) is 11.9 Å². The topological polar surface area (TPSA) is 35.8 Å². The van der Waals surface area contributed by atoms with Crippen molar-refractivity contribution in [1.29, 1.82) is 0 Å². The van der Waals surface area contributed by atoms with E-state index in [1.54, 1.807) is 0 Å². The molecule has 1 heterocycles. The van der Waals surface area contributed by atoms with Gasteiger partial charge in [-0.05, 0) is 23.6 Å². The molecule has 0 aromatic heterocycles. The van der Waals surface area contributed by atoms with Crippen molar-refractivity contribution in [3.63, 3.8) is 0 Å². The first kappa shape index (κ1) is 13.1. The van der Waals surface area contributed by atoms with Crippen LogP contribution in [0, 0.1) is 5.92 Å². The molecule has 0 saturated heterocycles. The molecule has 0 radical (unpaired) electrons. The van der Waals surface area contributed by atoms with Crippen molar-refractivity contribution in [3.05, 3.63) is 46.4 Å². The molecular formula is C14H17BrN2O. The summed E-state index contributed by atoms with van der Waals surface area (Å²) in [6.45, 7) is 4.94. The second kappa shape index (κ2) is 5.57. The van der Waals surface area contributed by atoms with Crippen molar-refractivity contribution in [3.8, 4) is 0 Å². The third kappa shape index (κ3) is 2.93. The standard InChI is InChI=1S/C14H17BrN2O/c1-10(2)13-7-16-8-14(18)17(13)9-11-3-5-12(15)6-4-11/h3-8,10,13,18H,9H2,1-2H3. The molecule has 0 fully saturated rings. The van der Waals surface area contributed by atoms with Crippen molar-refractivity contribution in [2.24, 2.45) is 10.9 Å². The van der Waals surface area contributed by atoms with Gasteiger partial charge in [-0.2, -0.15) is 0 Å². The molecule has 0 amide bonds. The molecule has 0 bridgehead atoms. The van der Waals surface area contributed by atoms with Gasteiger partial charge in [0.25, 0.3) is 0 Å². The van der Waals surface area contributed by atoms with Gasteiger partial charge in [0.15, 0.2) is 0 Å². The Balaban J connectivity index is 2.17. The van der Waals surface area contributed by atoms with E-state index in [2.05, 4.69) is 46.9 Å². The lowest BCUT2D eigenvalue weighted by atomic mass is 10.0. The largest absolute Gasteiger partial charge is 0.494 e. The molecule has 0 spiro atoms. The molecule has 1 aromatic carbocycles. The normalized spacial score (nSPS) is 19.2. The summed E-state index contributed by atoms with van der Waals surface area (Å²) in [5.74, 6) is 0.638. The second-order valence-corrected chi connectivity index (χ2v) is 5.69. The molecule has 96 valence electrons.